The molecule has 2 aromatic rings. The van der Waals surface area contributed by atoms with Crippen LogP contribution in [-0.2, 0) is 47.0 Å². The average Bonchev–Trinajstić information content (AvgIpc) is 3.03. The Morgan fingerprint density at radius 2 is 2.00 bits per heavy atom. The molecule has 1 unspecified atom stereocenters. The van der Waals surface area contributed by atoms with Crippen LogP contribution in [-0.4, -0.2) is 44.6 Å². The third-order valence-corrected chi connectivity index (χ3v) is 7.13. The molecule has 29 heavy (non-hydrogen) atoms. The summed E-state index contributed by atoms with van der Waals surface area (Å²) in [5, 5.41) is 6.87. The summed E-state index contributed by atoms with van der Waals surface area (Å²) < 4.78 is 39.9. The quantitative estimate of drug-likeness (QED) is 0.756. The number of hydrogen-bond donors (Lipinski definition) is 2. The van der Waals surface area contributed by atoms with E-state index in [9.17, 15) is 13.2 Å². The Hall–Kier alpha value is -2.59. The van der Waals surface area contributed by atoms with E-state index in [-0.39, 0.29) is 16.7 Å². The van der Waals surface area contributed by atoms with Gasteiger partial charge in [-0.15, -0.1) is 0 Å². The Bertz CT molecular complexity index is 1080. The van der Waals surface area contributed by atoms with E-state index in [0.717, 1.165) is 42.5 Å². The summed E-state index contributed by atoms with van der Waals surface area (Å²) in [5.74, 6) is 0.235. The van der Waals surface area contributed by atoms with Crippen LogP contribution in [0.25, 0.3) is 0 Å². The molecule has 0 bridgehead atoms. The molecular formula is C19H22N4O5S. The lowest BCUT2D eigenvalue weighted by Crippen LogP contribution is -2.36. The molecule has 10 heteroatoms. The van der Waals surface area contributed by atoms with Gasteiger partial charge in [0.2, 0.25) is 5.88 Å². The van der Waals surface area contributed by atoms with Crippen LogP contribution < -0.4 is 14.8 Å². The summed E-state index contributed by atoms with van der Waals surface area (Å²) in [4.78, 5) is 12.4. The molecule has 2 N–H and O–H groups in total. The molecule has 0 radical (unpaired) electrons. The van der Waals surface area contributed by atoms with E-state index in [1.807, 2.05) is 0 Å². The minimum Gasteiger partial charge on any atom is -0.476 e. The molecule has 2 amide bonds. The summed E-state index contributed by atoms with van der Waals surface area (Å²) in [5.41, 5.74) is 5.49. The van der Waals surface area contributed by atoms with Gasteiger partial charge >= 0.3 is 6.03 Å². The van der Waals surface area contributed by atoms with Crippen molar-refractivity contribution in [2.24, 2.45) is 5.92 Å². The van der Waals surface area contributed by atoms with Crippen LogP contribution in [0.5, 0.6) is 5.88 Å². The number of methoxy groups -OCH3 is 1. The van der Waals surface area contributed by atoms with E-state index in [1.54, 1.807) is 7.11 Å². The highest BCUT2D eigenvalue weighted by Crippen LogP contribution is 2.40. The first kappa shape index (κ1) is 18.4. The third kappa shape index (κ3) is 3.06. The molecule has 1 aromatic heterocycles. The molecule has 5 rings (SSSR count). The van der Waals surface area contributed by atoms with Gasteiger partial charge in [0.15, 0.2) is 4.90 Å². The van der Waals surface area contributed by atoms with Gasteiger partial charge in [-0.1, -0.05) is 6.07 Å². The lowest BCUT2D eigenvalue weighted by Gasteiger charge is -2.32. The molecule has 0 fully saturated rings. The van der Waals surface area contributed by atoms with Gasteiger partial charge in [-0.3, -0.25) is 0 Å². The van der Waals surface area contributed by atoms with Crippen LogP contribution in [0.4, 0.5) is 10.5 Å². The average molecular weight is 418 g/mol. The van der Waals surface area contributed by atoms with Gasteiger partial charge in [-0.05, 0) is 47.9 Å². The summed E-state index contributed by atoms with van der Waals surface area (Å²) >= 11 is 0. The smallest absolute Gasteiger partial charge is 0.333 e. The molecule has 1 aromatic carbocycles. The number of ether oxygens (including phenoxy) is 2. The van der Waals surface area contributed by atoms with Crippen molar-refractivity contribution in [3.05, 3.63) is 34.5 Å². The first-order chi connectivity index (χ1) is 14.0. The van der Waals surface area contributed by atoms with Crippen molar-refractivity contribution in [3.8, 4) is 5.88 Å². The van der Waals surface area contributed by atoms with E-state index in [0.29, 0.717) is 19.8 Å². The first-order valence-electron chi connectivity index (χ1n) is 9.64. The molecule has 0 saturated heterocycles. The standard InChI is InChI=1S/C19H22N4O5S/c1-27-9-11-8-23-18(28-10-11)16(7-20-23)29(25,26)22-19(24)21-17-14-4-2-12(14)6-13-3-5-15(13)17/h6-7,11H,2-5,8-10H2,1H3,(H2,21,22,24). The third-order valence-electron chi connectivity index (χ3n) is 5.82. The van der Waals surface area contributed by atoms with Crippen LogP contribution >= 0.6 is 0 Å². The minimum atomic E-state index is -4.12. The highest BCUT2D eigenvalue weighted by atomic mass is 32.2. The van der Waals surface area contributed by atoms with Crippen LogP contribution in [0.1, 0.15) is 22.3 Å². The molecule has 1 atom stereocenters. The predicted molar refractivity (Wildman–Crippen MR) is 104 cm³/mol. The topological polar surface area (TPSA) is 112 Å². The summed E-state index contributed by atoms with van der Waals surface area (Å²) in [6, 6.07) is 1.43. The molecule has 2 heterocycles. The first-order valence-corrected chi connectivity index (χ1v) is 11.1. The molecule has 1 aliphatic heterocycles. The molecule has 3 aliphatic rings. The van der Waals surface area contributed by atoms with E-state index >= 15 is 0 Å². The number of nitrogens with zero attached hydrogens (tertiary/aromatic N) is 2. The van der Waals surface area contributed by atoms with Gasteiger partial charge in [-0.2, -0.15) is 5.10 Å². The zero-order valence-corrected chi connectivity index (χ0v) is 16.8. The number of fused-ring (bicyclic) bond motifs is 3. The van der Waals surface area contributed by atoms with Crippen LogP contribution in [0.15, 0.2) is 17.2 Å². The number of hydrogen-bond acceptors (Lipinski definition) is 6. The maximum atomic E-state index is 12.8. The lowest BCUT2D eigenvalue weighted by atomic mass is 9.76. The molecular weight excluding hydrogens is 396 g/mol. The van der Waals surface area contributed by atoms with Crippen molar-refractivity contribution in [2.75, 3.05) is 25.6 Å². The highest BCUT2D eigenvalue weighted by molar-refractivity contribution is 7.90. The number of anilines is 1. The number of nitrogens with one attached hydrogen (secondary N) is 2. The SMILES string of the molecule is COCC1COc2c(S(=O)(=O)NC(=O)Nc3c4c(cc5c3CC5)CC4)cnn2C1. The number of carbonyl (C=O) groups excluding carboxylic acids is 1. The molecule has 0 saturated carbocycles. The predicted octanol–water partition coefficient (Wildman–Crippen LogP) is 1.25. The highest BCUT2D eigenvalue weighted by Gasteiger charge is 2.32. The van der Waals surface area contributed by atoms with Gasteiger partial charge in [0.05, 0.1) is 26.0 Å². The zero-order chi connectivity index (χ0) is 20.2. The molecule has 0 spiro atoms. The Morgan fingerprint density at radius 3 is 2.62 bits per heavy atom. The van der Waals surface area contributed by atoms with Crippen molar-refractivity contribution >= 4 is 21.7 Å². The monoisotopic (exact) mass is 418 g/mol. The van der Waals surface area contributed by atoms with E-state index in [2.05, 4.69) is 21.2 Å². The maximum Gasteiger partial charge on any atom is 0.333 e. The van der Waals surface area contributed by atoms with Gasteiger partial charge in [0.25, 0.3) is 10.0 Å². The van der Waals surface area contributed by atoms with Crippen molar-refractivity contribution in [2.45, 2.75) is 37.1 Å². The molecule has 9 nitrogen and oxygen atoms in total. The number of sulfonamides is 1. The van der Waals surface area contributed by atoms with Crippen LogP contribution in [0.3, 0.4) is 0 Å². The summed E-state index contributed by atoms with van der Waals surface area (Å²) in [6.07, 6.45) is 5.01. The number of aromatic nitrogens is 2. The number of carbonyl (C=O) groups is 1. The van der Waals surface area contributed by atoms with E-state index in [1.165, 1.54) is 22.0 Å². The van der Waals surface area contributed by atoms with Gasteiger partial charge in [0.1, 0.15) is 0 Å². The zero-order valence-electron chi connectivity index (χ0n) is 16.0. The van der Waals surface area contributed by atoms with E-state index in [4.69, 9.17) is 9.47 Å². The molecule has 2 aliphatic carbocycles. The van der Waals surface area contributed by atoms with E-state index < -0.39 is 16.1 Å². The van der Waals surface area contributed by atoms with Gasteiger partial charge < -0.3 is 14.8 Å². The van der Waals surface area contributed by atoms with Gasteiger partial charge in [-0.25, -0.2) is 22.6 Å². The Labute approximate surface area is 168 Å². The van der Waals surface area contributed by atoms with Crippen molar-refractivity contribution in [1.82, 2.24) is 14.5 Å². The van der Waals surface area contributed by atoms with Gasteiger partial charge in [0, 0.05) is 18.7 Å². The normalized spacial score (nSPS) is 19.0. The van der Waals surface area contributed by atoms with Crippen LogP contribution in [0.2, 0.25) is 0 Å². The number of amides is 2. The second-order valence-electron chi connectivity index (χ2n) is 7.71. The Balaban J connectivity index is 1.33. The number of benzene rings is 1. The Morgan fingerprint density at radius 1 is 1.28 bits per heavy atom. The minimum absolute atomic E-state index is 0.0913. The Kier molecular flexibility index (Phi) is 4.28. The maximum absolute atomic E-state index is 12.8. The van der Waals surface area contributed by atoms with Crippen molar-refractivity contribution in [3.63, 3.8) is 0 Å². The second-order valence-corrected chi connectivity index (χ2v) is 9.37. The summed E-state index contributed by atoms with van der Waals surface area (Å²) in [7, 11) is -2.52. The van der Waals surface area contributed by atoms with Crippen molar-refractivity contribution in [1.29, 1.82) is 0 Å². The van der Waals surface area contributed by atoms with Crippen LogP contribution in [0, 0.1) is 5.92 Å². The number of aryl methyl sites for hydroxylation is 2. The van der Waals surface area contributed by atoms with Crippen molar-refractivity contribution < 1.29 is 22.7 Å². The summed E-state index contributed by atoms with van der Waals surface area (Å²) in [6.45, 7) is 1.32. The fraction of sp³-hybridized carbons (Fsp3) is 0.474. The number of rotatable bonds is 5. The second kappa shape index (κ2) is 6.74. The lowest BCUT2D eigenvalue weighted by molar-refractivity contribution is 0.0779. The largest absolute Gasteiger partial charge is 0.476 e. The number of urea groups is 1. The molecule has 154 valence electrons. The fourth-order valence-corrected chi connectivity index (χ4v) is 5.17. The fourth-order valence-electron chi connectivity index (χ4n) is 4.19.